The summed E-state index contributed by atoms with van der Waals surface area (Å²) in [7, 11) is 0. The zero-order chi connectivity index (χ0) is 12.0. The maximum absolute atomic E-state index is 11.4. The van der Waals surface area contributed by atoms with Crippen LogP contribution in [0.15, 0.2) is 17.9 Å². The van der Waals surface area contributed by atoms with Crippen molar-refractivity contribution in [2.45, 2.75) is 0 Å². The molecule has 0 fully saturated rings. The van der Waals surface area contributed by atoms with Gasteiger partial charge in [-0.15, -0.1) is 0 Å². The molecule has 0 heterocycles. The van der Waals surface area contributed by atoms with Gasteiger partial charge in [0.1, 0.15) is 11.5 Å². The van der Waals surface area contributed by atoms with Crippen LogP contribution in [0.25, 0.3) is 5.76 Å². The Bertz CT molecular complexity index is 555. The summed E-state index contributed by atoms with van der Waals surface area (Å²) < 4.78 is 0. The Morgan fingerprint density at radius 1 is 0.812 bits per heavy atom. The quantitative estimate of drug-likeness (QED) is 0.479. The van der Waals surface area contributed by atoms with E-state index in [2.05, 4.69) is 0 Å². The van der Waals surface area contributed by atoms with Crippen LogP contribution in [0, 0.1) is 0 Å². The van der Waals surface area contributed by atoms with Crippen LogP contribution >= 0.6 is 0 Å². The highest BCUT2D eigenvalue weighted by Gasteiger charge is 2.35. The van der Waals surface area contributed by atoms with Gasteiger partial charge in [0.05, 0.1) is 5.56 Å². The van der Waals surface area contributed by atoms with E-state index in [1.165, 1.54) is 0 Å². The number of phenols is 2. The van der Waals surface area contributed by atoms with Gasteiger partial charge in [-0.3, -0.25) is 9.59 Å². The van der Waals surface area contributed by atoms with Gasteiger partial charge in [-0.1, -0.05) is 0 Å². The molecule has 1 aromatic rings. The van der Waals surface area contributed by atoms with E-state index in [0.29, 0.717) is 0 Å². The van der Waals surface area contributed by atoms with Crippen LogP contribution in [0.3, 0.4) is 0 Å². The van der Waals surface area contributed by atoms with Gasteiger partial charge in [-0.25, -0.2) is 0 Å². The lowest BCUT2D eigenvalue weighted by molar-refractivity contribution is -0.114. The number of Topliss-reactive ketones (excluding diaryl/α,β-unsaturated/α-hetero) is 2. The fourth-order valence-electron chi connectivity index (χ4n) is 1.49. The summed E-state index contributed by atoms with van der Waals surface area (Å²) in [4.78, 5) is 22.6. The first kappa shape index (κ1) is 10.0. The third-order valence-corrected chi connectivity index (χ3v) is 2.23. The first-order valence-corrected chi connectivity index (χ1v) is 4.21. The van der Waals surface area contributed by atoms with Crippen molar-refractivity contribution < 1.29 is 30.0 Å². The summed E-state index contributed by atoms with van der Waals surface area (Å²) >= 11 is 0. The fraction of sp³-hybridized carbons (Fsp3) is 0. The summed E-state index contributed by atoms with van der Waals surface area (Å²) in [5.74, 6) is -5.41. The van der Waals surface area contributed by atoms with Crippen molar-refractivity contribution in [3.05, 3.63) is 29.0 Å². The minimum absolute atomic E-state index is 0.278. The number of aliphatic hydroxyl groups is 2. The van der Waals surface area contributed by atoms with Gasteiger partial charge < -0.3 is 20.4 Å². The molecule has 0 spiro atoms. The molecule has 0 amide bonds. The summed E-state index contributed by atoms with van der Waals surface area (Å²) in [6.07, 6.45) is 0. The molecule has 1 aliphatic carbocycles. The number of allylic oxidation sites excluding steroid dienone is 1. The number of phenolic OH excluding ortho intramolecular Hbond substituents is 2. The van der Waals surface area contributed by atoms with Gasteiger partial charge in [0.2, 0.25) is 11.5 Å². The van der Waals surface area contributed by atoms with Crippen molar-refractivity contribution in [3.63, 3.8) is 0 Å². The van der Waals surface area contributed by atoms with Gasteiger partial charge in [-0.05, 0) is 6.07 Å². The normalized spacial score (nSPS) is 15.2. The number of ketones is 2. The molecule has 0 saturated heterocycles. The van der Waals surface area contributed by atoms with E-state index < -0.39 is 40.1 Å². The second-order valence-corrected chi connectivity index (χ2v) is 3.24. The van der Waals surface area contributed by atoms with Crippen molar-refractivity contribution in [2.75, 3.05) is 0 Å². The van der Waals surface area contributed by atoms with Crippen LogP contribution in [0.4, 0.5) is 0 Å². The minimum Gasteiger partial charge on any atom is -0.508 e. The molecule has 82 valence electrons. The van der Waals surface area contributed by atoms with Gasteiger partial charge in [0.25, 0.3) is 5.78 Å². The zero-order valence-electron chi connectivity index (χ0n) is 7.76. The molecular weight excluding hydrogens is 216 g/mol. The topological polar surface area (TPSA) is 115 Å². The maximum Gasteiger partial charge on any atom is 0.271 e. The number of rotatable bonds is 0. The number of hydrogen-bond acceptors (Lipinski definition) is 6. The van der Waals surface area contributed by atoms with Crippen LogP contribution < -0.4 is 0 Å². The summed E-state index contributed by atoms with van der Waals surface area (Å²) in [5.41, 5.74) is -0.710. The first-order chi connectivity index (χ1) is 7.43. The van der Waals surface area contributed by atoms with Crippen LogP contribution in [0.1, 0.15) is 15.9 Å². The van der Waals surface area contributed by atoms with E-state index in [4.69, 9.17) is 10.2 Å². The maximum atomic E-state index is 11.4. The fourth-order valence-corrected chi connectivity index (χ4v) is 1.49. The SMILES string of the molecule is O=C1C(=O)c2c(O)cc(O)cc2C(O)=C1O. The molecule has 1 aromatic carbocycles. The largest absolute Gasteiger partial charge is 0.508 e. The van der Waals surface area contributed by atoms with Crippen LogP contribution in [-0.4, -0.2) is 32.0 Å². The molecule has 4 N–H and O–H groups in total. The molecule has 0 aromatic heterocycles. The molecule has 2 rings (SSSR count). The van der Waals surface area contributed by atoms with Crippen molar-refractivity contribution in [1.29, 1.82) is 0 Å². The predicted octanol–water partition coefficient (Wildman–Crippen LogP) is 0.648. The molecule has 1 aliphatic rings. The molecule has 0 radical (unpaired) electrons. The van der Waals surface area contributed by atoms with E-state index >= 15 is 0 Å². The molecule has 0 bridgehead atoms. The Kier molecular flexibility index (Phi) is 1.88. The van der Waals surface area contributed by atoms with Crippen LogP contribution in [0.2, 0.25) is 0 Å². The number of carbonyl (C=O) groups is 2. The van der Waals surface area contributed by atoms with E-state index in [9.17, 15) is 19.8 Å². The lowest BCUT2D eigenvalue weighted by Gasteiger charge is -2.15. The Balaban J connectivity index is 2.86. The third kappa shape index (κ3) is 1.13. The highest BCUT2D eigenvalue weighted by Crippen LogP contribution is 2.35. The van der Waals surface area contributed by atoms with E-state index in [1.807, 2.05) is 0 Å². The third-order valence-electron chi connectivity index (χ3n) is 2.23. The summed E-state index contributed by atoms with van der Waals surface area (Å²) in [6.45, 7) is 0. The molecule has 16 heavy (non-hydrogen) atoms. The van der Waals surface area contributed by atoms with Gasteiger partial charge in [0.15, 0.2) is 5.76 Å². The molecular formula is C10H6O6. The van der Waals surface area contributed by atoms with Crippen molar-refractivity contribution in [3.8, 4) is 11.5 Å². The number of hydrogen-bond donors (Lipinski definition) is 4. The lowest BCUT2D eigenvalue weighted by Crippen LogP contribution is -2.23. The second kappa shape index (κ2) is 2.99. The average molecular weight is 222 g/mol. The number of aliphatic hydroxyl groups excluding tert-OH is 2. The molecule has 6 heteroatoms. The Morgan fingerprint density at radius 2 is 1.44 bits per heavy atom. The number of fused-ring (bicyclic) bond motifs is 1. The molecule has 0 atom stereocenters. The van der Waals surface area contributed by atoms with E-state index in [0.717, 1.165) is 12.1 Å². The first-order valence-electron chi connectivity index (χ1n) is 4.21. The van der Waals surface area contributed by atoms with Crippen molar-refractivity contribution in [1.82, 2.24) is 0 Å². The average Bonchev–Trinajstić information content (AvgIpc) is 2.22. The highest BCUT2D eigenvalue weighted by molar-refractivity contribution is 6.52. The Morgan fingerprint density at radius 3 is 2.06 bits per heavy atom. The number of aromatic hydroxyl groups is 2. The number of benzene rings is 1. The van der Waals surface area contributed by atoms with Crippen molar-refractivity contribution >= 4 is 17.3 Å². The monoisotopic (exact) mass is 222 g/mol. The van der Waals surface area contributed by atoms with Gasteiger partial charge in [0, 0.05) is 11.6 Å². The van der Waals surface area contributed by atoms with Crippen molar-refractivity contribution in [2.24, 2.45) is 0 Å². The van der Waals surface area contributed by atoms with E-state index in [1.54, 1.807) is 0 Å². The smallest absolute Gasteiger partial charge is 0.271 e. The van der Waals surface area contributed by atoms with Gasteiger partial charge in [-0.2, -0.15) is 0 Å². The molecule has 0 saturated carbocycles. The predicted molar refractivity (Wildman–Crippen MR) is 51.3 cm³/mol. The molecule has 6 nitrogen and oxygen atoms in total. The Hall–Kier alpha value is -2.50. The highest BCUT2D eigenvalue weighted by atomic mass is 16.3. The van der Waals surface area contributed by atoms with E-state index in [-0.39, 0.29) is 5.56 Å². The molecule has 0 unspecified atom stereocenters. The summed E-state index contributed by atoms with van der Waals surface area (Å²) in [5, 5.41) is 37.1. The Labute approximate surface area is 88.7 Å². The number of carbonyl (C=O) groups excluding carboxylic acids is 2. The molecule has 0 aliphatic heterocycles. The van der Waals surface area contributed by atoms with Crippen LogP contribution in [-0.2, 0) is 4.79 Å². The summed E-state index contributed by atoms with van der Waals surface area (Å²) in [6, 6.07) is 1.82. The van der Waals surface area contributed by atoms with Crippen LogP contribution in [0.5, 0.6) is 11.5 Å². The standard InChI is InChI=1S/C10H6O6/c11-3-1-4-6(5(12)2-3)8(14)10(16)9(15)7(4)13/h1-2,11-13,15H. The lowest BCUT2D eigenvalue weighted by atomic mass is 9.91. The van der Waals surface area contributed by atoms with Gasteiger partial charge >= 0.3 is 0 Å². The second-order valence-electron chi connectivity index (χ2n) is 3.24. The minimum atomic E-state index is -1.30. The zero-order valence-corrected chi connectivity index (χ0v) is 7.76.